The Balaban J connectivity index is 2.49. The lowest BCUT2D eigenvalue weighted by Crippen LogP contribution is -2.61. The largest absolute Gasteiger partial charge is 0.397 e. The molecular weight excluding hydrogens is 827 g/mol. The summed E-state index contributed by atoms with van der Waals surface area (Å²) in [5.74, 6) is -0.672. The van der Waals surface area contributed by atoms with Crippen LogP contribution < -0.4 is 5.32 Å². The van der Waals surface area contributed by atoms with Crippen LogP contribution in [-0.4, -0.2) is 107 Å². The van der Waals surface area contributed by atoms with Crippen molar-refractivity contribution < 1.29 is 57.0 Å². The molecule has 1 saturated heterocycles. The van der Waals surface area contributed by atoms with E-state index >= 15 is 0 Å². The molecule has 0 radical (unpaired) electrons. The number of amides is 1. The number of carbonyl (C=O) groups excluding carboxylic acids is 1. The fourth-order valence-electron chi connectivity index (χ4n) is 8.34. The summed E-state index contributed by atoms with van der Waals surface area (Å²) in [6.07, 6.45) is 32.4. The minimum Gasteiger partial charge on any atom is -0.394 e. The maximum atomic E-state index is 13.2. The van der Waals surface area contributed by atoms with Crippen LogP contribution in [0.5, 0.6) is 0 Å². The zero-order valence-corrected chi connectivity index (χ0v) is 40.6. The van der Waals surface area contributed by atoms with Gasteiger partial charge in [-0.05, 0) is 38.5 Å². The van der Waals surface area contributed by atoms with Crippen LogP contribution in [0.3, 0.4) is 0 Å². The van der Waals surface area contributed by atoms with E-state index in [0.717, 1.165) is 57.8 Å². The minimum atomic E-state index is -5.11. The van der Waals surface area contributed by atoms with Gasteiger partial charge in [-0.25, -0.2) is 4.18 Å². The van der Waals surface area contributed by atoms with Crippen LogP contribution in [0.15, 0.2) is 12.2 Å². The molecule has 0 aromatic carbocycles. The van der Waals surface area contributed by atoms with E-state index in [9.17, 15) is 43.3 Å². The van der Waals surface area contributed by atoms with E-state index in [1.165, 1.54) is 135 Å². The lowest BCUT2D eigenvalue weighted by Gasteiger charge is -2.41. The van der Waals surface area contributed by atoms with Crippen LogP contribution in [-0.2, 0) is 28.9 Å². The van der Waals surface area contributed by atoms with Crippen molar-refractivity contribution >= 4 is 16.3 Å². The molecule has 374 valence electrons. The summed E-state index contributed by atoms with van der Waals surface area (Å²) in [5.41, 5.74) is 0. The Kier molecular flexibility index (Phi) is 37.9. The summed E-state index contributed by atoms with van der Waals surface area (Å²) in [6, 6.07) is -1.03. The van der Waals surface area contributed by atoms with E-state index in [-0.39, 0.29) is 6.42 Å². The van der Waals surface area contributed by atoms with E-state index in [4.69, 9.17) is 9.47 Å². The van der Waals surface area contributed by atoms with Crippen molar-refractivity contribution in [3.05, 3.63) is 12.2 Å². The topological polar surface area (TPSA) is 212 Å². The maximum absolute atomic E-state index is 13.2. The lowest BCUT2D eigenvalue weighted by molar-refractivity contribution is -0.298. The maximum Gasteiger partial charge on any atom is 0.397 e. The Labute approximate surface area is 383 Å². The van der Waals surface area contributed by atoms with Gasteiger partial charge in [-0.1, -0.05) is 206 Å². The second-order valence-electron chi connectivity index (χ2n) is 18.3. The predicted octanol–water partition coefficient (Wildman–Crippen LogP) is 9.70. The first-order chi connectivity index (χ1) is 30.4. The zero-order chi connectivity index (χ0) is 46.4. The minimum absolute atomic E-state index is 0.255. The van der Waals surface area contributed by atoms with Crippen molar-refractivity contribution in [2.75, 3.05) is 13.2 Å². The molecule has 0 saturated carbocycles. The molecule has 1 heterocycles. The number of aliphatic hydroxyl groups excluding tert-OH is 5. The third-order valence-electron chi connectivity index (χ3n) is 12.4. The highest BCUT2D eigenvalue weighted by Gasteiger charge is 2.48. The van der Waals surface area contributed by atoms with Gasteiger partial charge in [0.1, 0.15) is 30.5 Å². The monoisotopic (exact) mass is 922 g/mol. The Morgan fingerprint density at radius 1 is 0.619 bits per heavy atom. The van der Waals surface area contributed by atoms with Gasteiger partial charge in [0, 0.05) is 0 Å². The van der Waals surface area contributed by atoms with Crippen molar-refractivity contribution in [1.82, 2.24) is 5.32 Å². The number of nitrogens with one attached hydrogen (secondary N) is 1. The van der Waals surface area contributed by atoms with Gasteiger partial charge >= 0.3 is 10.4 Å². The van der Waals surface area contributed by atoms with E-state index in [2.05, 4.69) is 35.5 Å². The van der Waals surface area contributed by atoms with E-state index in [1.807, 2.05) is 0 Å². The van der Waals surface area contributed by atoms with Crippen LogP contribution in [0.1, 0.15) is 232 Å². The number of carbonyl (C=O) groups is 1. The second kappa shape index (κ2) is 39.9. The van der Waals surface area contributed by atoms with Gasteiger partial charge < -0.3 is 40.3 Å². The van der Waals surface area contributed by atoms with E-state index in [1.54, 1.807) is 0 Å². The summed E-state index contributed by atoms with van der Waals surface area (Å²) < 4.78 is 47.7. The summed E-state index contributed by atoms with van der Waals surface area (Å²) in [5, 5.41) is 55.5. The molecule has 0 aromatic rings. The van der Waals surface area contributed by atoms with Crippen molar-refractivity contribution in [1.29, 1.82) is 0 Å². The molecule has 7 N–H and O–H groups in total. The Morgan fingerprint density at radius 2 is 1.02 bits per heavy atom. The van der Waals surface area contributed by atoms with Gasteiger partial charge in [0.2, 0.25) is 5.91 Å². The number of aliphatic hydroxyl groups is 5. The van der Waals surface area contributed by atoms with Crippen molar-refractivity contribution in [2.24, 2.45) is 0 Å². The fourth-order valence-corrected chi connectivity index (χ4v) is 8.85. The normalized spacial score (nSPS) is 20.9. The number of ether oxygens (including phenoxy) is 2. The van der Waals surface area contributed by atoms with Crippen molar-refractivity contribution in [3.63, 3.8) is 0 Å². The van der Waals surface area contributed by atoms with Gasteiger partial charge in [0.05, 0.1) is 25.4 Å². The van der Waals surface area contributed by atoms with Crippen LogP contribution in [0.25, 0.3) is 0 Å². The molecule has 1 fully saturated rings. The smallest absolute Gasteiger partial charge is 0.394 e. The predicted molar refractivity (Wildman–Crippen MR) is 252 cm³/mol. The number of unbranched alkanes of at least 4 members (excludes halogenated alkanes) is 29. The molecular formula is C49H95NO12S. The van der Waals surface area contributed by atoms with Gasteiger partial charge in [0.15, 0.2) is 6.29 Å². The van der Waals surface area contributed by atoms with Gasteiger partial charge in [-0.2, -0.15) is 8.42 Å². The Morgan fingerprint density at radius 3 is 1.43 bits per heavy atom. The number of hydrogen-bond acceptors (Lipinski definition) is 11. The molecule has 8 atom stereocenters. The summed E-state index contributed by atoms with van der Waals surface area (Å²) in [4.78, 5) is 13.2. The quantitative estimate of drug-likeness (QED) is 0.0173. The second-order valence-corrected chi connectivity index (χ2v) is 19.3. The van der Waals surface area contributed by atoms with Crippen LogP contribution in [0, 0.1) is 0 Å². The van der Waals surface area contributed by atoms with Crippen LogP contribution in [0.2, 0.25) is 0 Å². The standard InChI is InChI=1S/C49H95NO12S/c1-3-5-7-9-11-13-15-17-19-20-21-22-24-26-28-30-32-34-36-38-43(53)48(56)50-41(40-60-49-46(55)47(62-63(57,58)59)45(54)44(39-51)61-49)42(52)37-35-33-31-29-27-25-23-18-16-14-12-10-8-6-4-2/h21-22,41-47,49,51-55H,3-20,23-40H2,1-2H3,(H,50,56)(H,57,58,59)/b22-21-. The highest BCUT2D eigenvalue weighted by atomic mass is 32.3. The molecule has 14 heteroatoms. The van der Waals surface area contributed by atoms with E-state index < -0.39 is 78.5 Å². The first kappa shape index (κ1) is 59.8. The summed E-state index contributed by atoms with van der Waals surface area (Å²) in [7, 11) is -5.11. The molecule has 63 heavy (non-hydrogen) atoms. The molecule has 13 nitrogen and oxygen atoms in total. The van der Waals surface area contributed by atoms with Gasteiger partial charge in [-0.3, -0.25) is 9.35 Å². The molecule has 1 aliphatic heterocycles. The summed E-state index contributed by atoms with van der Waals surface area (Å²) in [6.45, 7) is 3.30. The molecule has 0 bridgehead atoms. The summed E-state index contributed by atoms with van der Waals surface area (Å²) >= 11 is 0. The molecule has 0 aromatic heterocycles. The first-order valence-corrected chi connectivity index (χ1v) is 27.0. The molecule has 1 rings (SSSR count). The fraction of sp³-hybridized carbons (Fsp3) is 0.939. The third-order valence-corrected chi connectivity index (χ3v) is 12.9. The van der Waals surface area contributed by atoms with E-state index in [0.29, 0.717) is 19.3 Å². The highest BCUT2D eigenvalue weighted by Crippen LogP contribution is 2.26. The molecule has 0 spiro atoms. The van der Waals surface area contributed by atoms with Crippen molar-refractivity contribution in [2.45, 2.75) is 281 Å². The highest BCUT2D eigenvalue weighted by molar-refractivity contribution is 7.80. The number of hydrogen-bond donors (Lipinski definition) is 7. The Hall–Kier alpha value is -1.20. The number of rotatable bonds is 44. The van der Waals surface area contributed by atoms with Crippen LogP contribution in [0.4, 0.5) is 0 Å². The average molecular weight is 922 g/mol. The Bertz CT molecular complexity index is 1190. The first-order valence-electron chi connectivity index (χ1n) is 25.7. The third kappa shape index (κ3) is 32.2. The molecule has 1 aliphatic rings. The molecule has 1 amide bonds. The zero-order valence-electron chi connectivity index (χ0n) is 39.8. The SMILES string of the molecule is CCCCCCCCCCC/C=C\CCCCCCCCC(O)C(=O)NC(COC1OC(CO)C(O)C(OS(=O)(=O)O)C1O)C(O)CCCCCCCCCCCCCCCCC. The lowest BCUT2D eigenvalue weighted by atomic mass is 9.99. The van der Waals surface area contributed by atoms with Gasteiger partial charge in [-0.15, -0.1) is 0 Å². The molecule has 0 aliphatic carbocycles. The average Bonchev–Trinajstić information content (AvgIpc) is 3.25. The molecule has 8 unspecified atom stereocenters. The number of allylic oxidation sites excluding steroid dienone is 2. The van der Waals surface area contributed by atoms with Crippen LogP contribution >= 0.6 is 0 Å². The van der Waals surface area contributed by atoms with Gasteiger partial charge in [0.25, 0.3) is 0 Å². The van der Waals surface area contributed by atoms with Crippen molar-refractivity contribution in [3.8, 4) is 0 Å².